The van der Waals surface area contributed by atoms with Crippen molar-refractivity contribution >= 4 is 0 Å². The van der Waals surface area contributed by atoms with Crippen LogP contribution in [-0.2, 0) is 5.41 Å². The summed E-state index contributed by atoms with van der Waals surface area (Å²) in [5.41, 5.74) is 2.27. The molecule has 1 nitrogen and oxygen atoms in total. The zero-order valence-corrected chi connectivity index (χ0v) is 10.4. The number of hydrogen-bond acceptors (Lipinski definition) is 1. The van der Waals surface area contributed by atoms with Crippen LogP contribution in [0.1, 0.15) is 30.4 Å². The molecule has 0 radical (unpaired) electrons. The van der Waals surface area contributed by atoms with Gasteiger partial charge in [0.15, 0.2) is 0 Å². The Balaban J connectivity index is 2.17. The molecular weight excluding hydrogens is 220 g/mol. The molecule has 2 aromatic carbocycles. The SMILES string of the molecule is O[C@H]1CCCC1(c1ccccc1)c1ccccc1. The Morgan fingerprint density at radius 2 is 1.33 bits per heavy atom. The number of benzene rings is 2. The molecule has 92 valence electrons. The molecule has 1 aliphatic carbocycles. The van der Waals surface area contributed by atoms with Crippen LogP contribution in [0, 0.1) is 0 Å². The largest absolute Gasteiger partial charge is 0.392 e. The molecule has 1 atom stereocenters. The standard InChI is InChI=1S/C17H18O/c18-16-12-7-13-17(16,14-8-3-1-4-9-14)15-10-5-2-6-11-15/h1-6,8-11,16,18H,7,12-13H2/t16-/m0/s1. The minimum absolute atomic E-state index is 0.206. The van der Waals surface area contributed by atoms with E-state index in [1.54, 1.807) is 0 Å². The maximum Gasteiger partial charge on any atom is 0.0677 e. The summed E-state index contributed by atoms with van der Waals surface area (Å²) in [6, 6.07) is 20.9. The van der Waals surface area contributed by atoms with Gasteiger partial charge in [0.05, 0.1) is 6.10 Å². The Labute approximate surface area is 108 Å². The van der Waals surface area contributed by atoms with E-state index in [1.807, 2.05) is 12.1 Å². The summed E-state index contributed by atoms with van der Waals surface area (Å²) >= 11 is 0. The zero-order chi connectivity index (χ0) is 12.4. The van der Waals surface area contributed by atoms with Gasteiger partial charge in [-0.2, -0.15) is 0 Å². The third kappa shape index (κ3) is 1.67. The molecule has 0 heterocycles. The molecule has 1 heteroatoms. The Bertz CT molecular complexity index is 464. The fourth-order valence-corrected chi connectivity index (χ4v) is 3.30. The van der Waals surface area contributed by atoms with Gasteiger partial charge in [-0.05, 0) is 30.4 Å². The van der Waals surface area contributed by atoms with Gasteiger partial charge < -0.3 is 5.11 Å². The van der Waals surface area contributed by atoms with Crippen LogP contribution < -0.4 is 0 Å². The van der Waals surface area contributed by atoms with Gasteiger partial charge in [0, 0.05) is 5.41 Å². The summed E-state index contributed by atoms with van der Waals surface area (Å²) in [5, 5.41) is 10.5. The van der Waals surface area contributed by atoms with Crippen molar-refractivity contribution in [3.05, 3.63) is 71.8 Å². The topological polar surface area (TPSA) is 20.2 Å². The van der Waals surface area contributed by atoms with Crippen molar-refractivity contribution in [3.63, 3.8) is 0 Å². The number of aliphatic hydroxyl groups is 1. The lowest BCUT2D eigenvalue weighted by Gasteiger charge is -2.34. The summed E-state index contributed by atoms with van der Waals surface area (Å²) in [6.45, 7) is 0. The summed E-state index contributed by atoms with van der Waals surface area (Å²) < 4.78 is 0. The summed E-state index contributed by atoms with van der Waals surface area (Å²) in [5.74, 6) is 0. The first kappa shape index (κ1) is 11.5. The van der Waals surface area contributed by atoms with E-state index < -0.39 is 0 Å². The second-order valence-electron chi connectivity index (χ2n) is 5.11. The molecule has 1 N–H and O–H groups in total. The van der Waals surface area contributed by atoms with Crippen LogP contribution in [0.2, 0.25) is 0 Å². The van der Waals surface area contributed by atoms with E-state index in [2.05, 4.69) is 48.5 Å². The van der Waals surface area contributed by atoms with E-state index in [1.165, 1.54) is 11.1 Å². The lowest BCUT2D eigenvalue weighted by atomic mass is 9.71. The smallest absolute Gasteiger partial charge is 0.0677 e. The molecule has 18 heavy (non-hydrogen) atoms. The number of rotatable bonds is 2. The van der Waals surface area contributed by atoms with E-state index in [0.29, 0.717) is 0 Å². The molecule has 3 rings (SSSR count). The van der Waals surface area contributed by atoms with Gasteiger partial charge in [0.2, 0.25) is 0 Å². The predicted molar refractivity (Wildman–Crippen MR) is 73.5 cm³/mol. The van der Waals surface area contributed by atoms with Crippen LogP contribution in [0.15, 0.2) is 60.7 Å². The van der Waals surface area contributed by atoms with Crippen LogP contribution in [-0.4, -0.2) is 11.2 Å². The van der Waals surface area contributed by atoms with Crippen LogP contribution in [0.5, 0.6) is 0 Å². The van der Waals surface area contributed by atoms with Crippen LogP contribution in [0.3, 0.4) is 0 Å². The Morgan fingerprint density at radius 1 is 0.833 bits per heavy atom. The lowest BCUT2D eigenvalue weighted by molar-refractivity contribution is 0.127. The molecule has 0 aromatic heterocycles. The van der Waals surface area contributed by atoms with Gasteiger partial charge in [-0.25, -0.2) is 0 Å². The van der Waals surface area contributed by atoms with Gasteiger partial charge in [-0.1, -0.05) is 60.7 Å². The van der Waals surface area contributed by atoms with E-state index in [-0.39, 0.29) is 11.5 Å². The third-order valence-corrected chi connectivity index (χ3v) is 4.20. The van der Waals surface area contributed by atoms with Gasteiger partial charge >= 0.3 is 0 Å². The van der Waals surface area contributed by atoms with Gasteiger partial charge in [0.25, 0.3) is 0 Å². The molecule has 0 spiro atoms. The van der Waals surface area contributed by atoms with E-state index >= 15 is 0 Å². The van der Waals surface area contributed by atoms with Crippen molar-refractivity contribution < 1.29 is 5.11 Å². The normalized spacial score (nSPS) is 21.9. The minimum Gasteiger partial charge on any atom is -0.392 e. The van der Waals surface area contributed by atoms with Gasteiger partial charge in [-0.3, -0.25) is 0 Å². The summed E-state index contributed by atoms with van der Waals surface area (Å²) in [6.07, 6.45) is 2.74. The van der Waals surface area contributed by atoms with E-state index in [4.69, 9.17) is 0 Å². The zero-order valence-electron chi connectivity index (χ0n) is 10.4. The van der Waals surface area contributed by atoms with Crippen LogP contribution >= 0.6 is 0 Å². The highest BCUT2D eigenvalue weighted by Gasteiger charge is 2.44. The quantitative estimate of drug-likeness (QED) is 0.848. The second kappa shape index (κ2) is 4.58. The first-order chi connectivity index (χ1) is 8.84. The first-order valence-electron chi connectivity index (χ1n) is 6.63. The maximum absolute atomic E-state index is 10.5. The predicted octanol–water partition coefficient (Wildman–Crippen LogP) is 3.52. The van der Waals surface area contributed by atoms with Crippen LogP contribution in [0.25, 0.3) is 0 Å². The van der Waals surface area contributed by atoms with Crippen molar-refractivity contribution in [2.24, 2.45) is 0 Å². The highest BCUT2D eigenvalue weighted by Crippen LogP contribution is 2.46. The summed E-state index contributed by atoms with van der Waals surface area (Å²) in [4.78, 5) is 0. The Kier molecular flexibility index (Phi) is 2.92. The van der Waals surface area contributed by atoms with Crippen molar-refractivity contribution in [2.75, 3.05) is 0 Å². The third-order valence-electron chi connectivity index (χ3n) is 4.20. The number of hydrogen-bond donors (Lipinski definition) is 1. The van der Waals surface area contributed by atoms with Crippen molar-refractivity contribution in [1.29, 1.82) is 0 Å². The molecule has 1 aliphatic rings. The molecular formula is C17H18O. The van der Waals surface area contributed by atoms with Gasteiger partial charge in [-0.15, -0.1) is 0 Å². The molecule has 1 saturated carbocycles. The lowest BCUT2D eigenvalue weighted by Crippen LogP contribution is -2.35. The van der Waals surface area contributed by atoms with E-state index in [0.717, 1.165) is 19.3 Å². The highest BCUT2D eigenvalue weighted by atomic mass is 16.3. The molecule has 0 saturated heterocycles. The maximum atomic E-state index is 10.5. The average Bonchev–Trinajstić information content (AvgIpc) is 2.84. The molecule has 0 aliphatic heterocycles. The summed E-state index contributed by atoms with van der Waals surface area (Å²) in [7, 11) is 0. The van der Waals surface area contributed by atoms with E-state index in [9.17, 15) is 5.11 Å². The minimum atomic E-state index is -0.276. The fraction of sp³-hybridized carbons (Fsp3) is 0.294. The van der Waals surface area contributed by atoms with Crippen molar-refractivity contribution in [1.82, 2.24) is 0 Å². The molecule has 1 fully saturated rings. The first-order valence-corrected chi connectivity index (χ1v) is 6.63. The van der Waals surface area contributed by atoms with Crippen molar-refractivity contribution in [2.45, 2.75) is 30.8 Å². The fourth-order valence-electron chi connectivity index (χ4n) is 3.30. The molecule has 0 bridgehead atoms. The molecule has 2 aromatic rings. The van der Waals surface area contributed by atoms with Gasteiger partial charge in [0.1, 0.15) is 0 Å². The Morgan fingerprint density at radius 3 is 1.72 bits per heavy atom. The van der Waals surface area contributed by atoms with Crippen LogP contribution in [0.4, 0.5) is 0 Å². The van der Waals surface area contributed by atoms with Crippen molar-refractivity contribution in [3.8, 4) is 0 Å². The molecule has 0 unspecified atom stereocenters. The Hall–Kier alpha value is -1.60. The number of aliphatic hydroxyl groups excluding tert-OH is 1. The monoisotopic (exact) mass is 238 g/mol. The highest BCUT2D eigenvalue weighted by molar-refractivity contribution is 5.42. The molecule has 0 amide bonds. The second-order valence-corrected chi connectivity index (χ2v) is 5.11. The average molecular weight is 238 g/mol.